The van der Waals surface area contributed by atoms with Crippen LogP contribution < -0.4 is 10.5 Å². The summed E-state index contributed by atoms with van der Waals surface area (Å²) in [6.45, 7) is 4.27. The smallest absolute Gasteiger partial charge is 0.349 e. The van der Waals surface area contributed by atoms with Gasteiger partial charge in [0.15, 0.2) is 0 Å². The van der Waals surface area contributed by atoms with E-state index in [1.807, 2.05) is 25.1 Å². The topological polar surface area (TPSA) is 79.5 Å². The summed E-state index contributed by atoms with van der Waals surface area (Å²) in [5.41, 5.74) is 0.873. The van der Waals surface area contributed by atoms with Gasteiger partial charge in [-0.15, -0.1) is 0 Å². The predicted octanol–water partition coefficient (Wildman–Crippen LogP) is 1.85. The van der Waals surface area contributed by atoms with E-state index in [4.69, 9.17) is 4.42 Å². The van der Waals surface area contributed by atoms with Gasteiger partial charge in [0.1, 0.15) is 23.3 Å². The summed E-state index contributed by atoms with van der Waals surface area (Å²) >= 11 is 0. The van der Waals surface area contributed by atoms with Crippen LogP contribution in [0.4, 0.5) is 5.82 Å². The lowest BCUT2D eigenvalue weighted by atomic mass is 10.1. The Morgan fingerprint density at radius 2 is 1.85 bits per heavy atom. The first kappa shape index (κ1) is 16.3. The van der Waals surface area contributed by atoms with Crippen LogP contribution in [-0.4, -0.2) is 47.0 Å². The van der Waals surface area contributed by atoms with Crippen LogP contribution in [0.15, 0.2) is 51.9 Å². The fraction of sp³-hybridized carbons (Fsp3) is 0.263. The molecule has 0 radical (unpaired) electrons. The van der Waals surface area contributed by atoms with E-state index in [0.29, 0.717) is 31.8 Å². The van der Waals surface area contributed by atoms with Crippen LogP contribution in [0.1, 0.15) is 16.1 Å². The molecule has 0 bridgehead atoms. The number of aryl methyl sites for hydroxylation is 1. The Bertz CT molecular complexity index is 1020. The average Bonchev–Trinajstić information content (AvgIpc) is 2.67. The van der Waals surface area contributed by atoms with Crippen LogP contribution in [0.3, 0.4) is 0 Å². The van der Waals surface area contributed by atoms with Crippen LogP contribution in [0.25, 0.3) is 11.0 Å². The molecule has 1 saturated heterocycles. The number of hydrogen-bond donors (Lipinski definition) is 0. The van der Waals surface area contributed by atoms with Crippen molar-refractivity contribution in [2.45, 2.75) is 6.92 Å². The third-order valence-electron chi connectivity index (χ3n) is 4.55. The molecule has 132 valence electrons. The van der Waals surface area contributed by atoms with Crippen molar-refractivity contribution in [2.24, 2.45) is 0 Å². The van der Waals surface area contributed by atoms with Gasteiger partial charge in [-0.05, 0) is 19.1 Å². The second kappa shape index (κ2) is 6.59. The number of hydrogen-bond acceptors (Lipinski definition) is 6. The number of rotatable bonds is 2. The first-order valence-corrected chi connectivity index (χ1v) is 8.47. The lowest BCUT2D eigenvalue weighted by Gasteiger charge is -2.35. The van der Waals surface area contributed by atoms with Crippen molar-refractivity contribution < 1.29 is 9.21 Å². The SMILES string of the molecule is Cc1cc(N2CCN(C(=O)c3cc4ccccc4oc3=O)CC2)ncn1. The molecular weight excluding hydrogens is 332 g/mol. The van der Waals surface area contributed by atoms with E-state index in [1.165, 1.54) is 0 Å². The largest absolute Gasteiger partial charge is 0.422 e. The molecule has 1 amide bonds. The van der Waals surface area contributed by atoms with E-state index in [-0.39, 0.29) is 11.5 Å². The number of piperazine rings is 1. The van der Waals surface area contributed by atoms with E-state index < -0.39 is 5.63 Å². The lowest BCUT2D eigenvalue weighted by molar-refractivity contribution is 0.0742. The highest BCUT2D eigenvalue weighted by Gasteiger charge is 2.25. The standard InChI is InChI=1S/C19H18N4O3/c1-13-10-17(21-12-20-13)22-6-8-23(9-7-22)18(24)15-11-14-4-2-3-5-16(14)26-19(15)25/h2-5,10-12H,6-9H2,1H3. The average molecular weight is 350 g/mol. The minimum absolute atomic E-state index is 0.0787. The van der Waals surface area contributed by atoms with Crippen LogP contribution >= 0.6 is 0 Å². The van der Waals surface area contributed by atoms with Gasteiger partial charge in [-0.1, -0.05) is 18.2 Å². The normalized spacial score (nSPS) is 14.7. The number of anilines is 1. The number of para-hydroxylation sites is 1. The fourth-order valence-electron chi connectivity index (χ4n) is 3.13. The van der Waals surface area contributed by atoms with E-state index in [9.17, 15) is 9.59 Å². The van der Waals surface area contributed by atoms with Crippen LogP contribution in [-0.2, 0) is 0 Å². The van der Waals surface area contributed by atoms with Crippen LogP contribution in [0, 0.1) is 6.92 Å². The van der Waals surface area contributed by atoms with Crippen molar-refractivity contribution in [3.05, 3.63) is 64.4 Å². The van der Waals surface area contributed by atoms with Gasteiger partial charge in [-0.2, -0.15) is 0 Å². The first-order chi connectivity index (χ1) is 12.6. The highest BCUT2D eigenvalue weighted by atomic mass is 16.4. The van der Waals surface area contributed by atoms with Crippen LogP contribution in [0.5, 0.6) is 0 Å². The van der Waals surface area contributed by atoms with E-state index >= 15 is 0 Å². The number of benzene rings is 1. The number of carbonyl (C=O) groups excluding carboxylic acids is 1. The van der Waals surface area contributed by atoms with E-state index in [0.717, 1.165) is 16.9 Å². The zero-order valence-electron chi connectivity index (χ0n) is 14.4. The molecule has 7 heteroatoms. The summed E-state index contributed by atoms with van der Waals surface area (Å²) in [5.74, 6) is 0.567. The van der Waals surface area contributed by atoms with Crippen LogP contribution in [0.2, 0.25) is 0 Å². The van der Waals surface area contributed by atoms with Gasteiger partial charge in [-0.25, -0.2) is 14.8 Å². The molecule has 1 fully saturated rings. The van der Waals surface area contributed by atoms with Gasteiger partial charge in [0, 0.05) is 43.3 Å². The van der Waals surface area contributed by atoms with Gasteiger partial charge < -0.3 is 14.2 Å². The summed E-state index contributed by atoms with van der Waals surface area (Å²) in [7, 11) is 0. The highest BCUT2D eigenvalue weighted by Crippen LogP contribution is 2.17. The summed E-state index contributed by atoms with van der Waals surface area (Å²) < 4.78 is 5.28. The number of amides is 1. The number of aromatic nitrogens is 2. The molecule has 0 N–H and O–H groups in total. The van der Waals surface area contributed by atoms with Gasteiger partial charge in [0.25, 0.3) is 5.91 Å². The molecular formula is C19H18N4O3. The molecule has 1 aromatic carbocycles. The summed E-state index contributed by atoms with van der Waals surface area (Å²) in [5, 5.41) is 0.741. The van der Waals surface area contributed by atoms with Gasteiger partial charge >= 0.3 is 5.63 Å². The van der Waals surface area contributed by atoms with E-state index in [1.54, 1.807) is 29.4 Å². The molecule has 1 aliphatic heterocycles. The molecule has 0 saturated carbocycles. The minimum Gasteiger partial charge on any atom is -0.422 e. The molecule has 26 heavy (non-hydrogen) atoms. The van der Waals surface area contributed by atoms with Crippen molar-refractivity contribution in [1.29, 1.82) is 0 Å². The zero-order valence-corrected chi connectivity index (χ0v) is 14.4. The molecule has 1 aliphatic rings. The summed E-state index contributed by atoms with van der Waals surface area (Å²) in [4.78, 5) is 37.2. The molecule has 0 unspecified atom stereocenters. The fourth-order valence-corrected chi connectivity index (χ4v) is 3.13. The number of fused-ring (bicyclic) bond motifs is 1. The second-order valence-corrected chi connectivity index (χ2v) is 6.28. The lowest BCUT2D eigenvalue weighted by Crippen LogP contribution is -2.49. The predicted molar refractivity (Wildman–Crippen MR) is 97.4 cm³/mol. The molecule has 3 heterocycles. The Labute approximate surface area is 149 Å². The zero-order chi connectivity index (χ0) is 18.1. The Balaban J connectivity index is 1.52. The first-order valence-electron chi connectivity index (χ1n) is 8.47. The van der Waals surface area contributed by atoms with Crippen molar-refractivity contribution in [1.82, 2.24) is 14.9 Å². The van der Waals surface area contributed by atoms with Crippen molar-refractivity contribution >= 4 is 22.7 Å². The quantitative estimate of drug-likeness (QED) is 0.656. The monoisotopic (exact) mass is 350 g/mol. The number of carbonyl (C=O) groups is 1. The Morgan fingerprint density at radius 1 is 1.08 bits per heavy atom. The molecule has 0 atom stereocenters. The van der Waals surface area contributed by atoms with Crippen molar-refractivity contribution in [3.8, 4) is 0 Å². The summed E-state index contributed by atoms with van der Waals surface area (Å²) in [6, 6.07) is 10.7. The van der Waals surface area contributed by atoms with Gasteiger partial charge in [0.2, 0.25) is 0 Å². The molecule has 0 spiro atoms. The molecule has 2 aromatic heterocycles. The molecule has 7 nitrogen and oxygen atoms in total. The maximum absolute atomic E-state index is 12.8. The van der Waals surface area contributed by atoms with Gasteiger partial charge in [0.05, 0.1) is 0 Å². The molecule has 0 aliphatic carbocycles. The third-order valence-corrected chi connectivity index (χ3v) is 4.55. The maximum atomic E-state index is 12.8. The Kier molecular flexibility index (Phi) is 4.12. The summed E-state index contributed by atoms with van der Waals surface area (Å²) in [6.07, 6.45) is 1.54. The molecule has 4 rings (SSSR count). The number of nitrogens with zero attached hydrogens (tertiary/aromatic N) is 4. The van der Waals surface area contributed by atoms with E-state index in [2.05, 4.69) is 14.9 Å². The van der Waals surface area contributed by atoms with Crippen molar-refractivity contribution in [3.63, 3.8) is 0 Å². The molecule has 3 aromatic rings. The van der Waals surface area contributed by atoms with Crippen molar-refractivity contribution in [2.75, 3.05) is 31.1 Å². The Hall–Kier alpha value is -3.22. The highest BCUT2D eigenvalue weighted by molar-refractivity contribution is 5.96. The third kappa shape index (κ3) is 3.03. The minimum atomic E-state index is -0.595. The van der Waals surface area contributed by atoms with Gasteiger partial charge in [-0.3, -0.25) is 4.79 Å². The maximum Gasteiger partial charge on any atom is 0.349 e. The second-order valence-electron chi connectivity index (χ2n) is 6.28. The Morgan fingerprint density at radius 3 is 2.62 bits per heavy atom.